The molecule has 0 saturated carbocycles. The lowest BCUT2D eigenvalue weighted by Crippen LogP contribution is -2.29. The van der Waals surface area contributed by atoms with Crippen molar-refractivity contribution in [2.24, 2.45) is 0 Å². The van der Waals surface area contributed by atoms with E-state index in [1.54, 1.807) is 12.3 Å². The lowest BCUT2D eigenvalue weighted by Gasteiger charge is -2.17. The molecule has 1 unspecified atom stereocenters. The Hall–Kier alpha value is -1.88. The molecule has 0 radical (unpaired) electrons. The van der Waals surface area contributed by atoms with Crippen molar-refractivity contribution < 1.29 is 9.53 Å². The van der Waals surface area contributed by atoms with E-state index in [0.29, 0.717) is 16.6 Å². The fraction of sp³-hybridized carbons (Fsp3) is 0.200. The van der Waals surface area contributed by atoms with Crippen molar-refractivity contribution in [2.45, 2.75) is 6.04 Å². The molecule has 1 atom stereocenters. The maximum Gasteiger partial charge on any atom is 0.255 e. The number of pyridine rings is 1. The molecule has 0 aliphatic carbocycles. The van der Waals surface area contributed by atoms with Crippen LogP contribution in [0.4, 0.5) is 0 Å². The van der Waals surface area contributed by atoms with Gasteiger partial charge in [-0.1, -0.05) is 46.3 Å². The number of nitrogens with one attached hydrogen (secondary N) is 1. The number of ether oxygens (including phenoxy) is 1. The van der Waals surface area contributed by atoms with Gasteiger partial charge in [0.25, 0.3) is 5.91 Å². The van der Waals surface area contributed by atoms with Gasteiger partial charge in [-0.25, -0.2) is 0 Å². The fourth-order valence-corrected chi connectivity index (χ4v) is 2.40. The van der Waals surface area contributed by atoms with Crippen molar-refractivity contribution in [1.29, 1.82) is 0 Å². The Bertz CT molecular complexity index is 575. The summed E-state index contributed by atoms with van der Waals surface area (Å²) in [4.78, 5) is 16.3. The number of amides is 1. The summed E-state index contributed by atoms with van der Waals surface area (Å²) in [6.07, 6.45) is 3.10. The predicted molar refractivity (Wildman–Crippen MR) is 81.2 cm³/mol. The molecule has 5 heteroatoms. The van der Waals surface area contributed by atoms with Crippen LogP contribution >= 0.6 is 15.9 Å². The smallest absolute Gasteiger partial charge is 0.255 e. The third-order valence-electron chi connectivity index (χ3n) is 2.91. The van der Waals surface area contributed by atoms with Crippen LogP contribution in [0.25, 0.3) is 0 Å². The van der Waals surface area contributed by atoms with Crippen molar-refractivity contribution in [3.8, 4) is 5.75 Å². The highest BCUT2D eigenvalue weighted by Crippen LogP contribution is 2.19. The quantitative estimate of drug-likeness (QED) is 0.855. The number of methoxy groups -OCH3 is 1. The molecule has 104 valence electrons. The highest BCUT2D eigenvalue weighted by molar-refractivity contribution is 9.09. The van der Waals surface area contributed by atoms with Gasteiger partial charge in [-0.2, -0.15) is 0 Å². The van der Waals surface area contributed by atoms with Crippen LogP contribution in [-0.2, 0) is 0 Å². The van der Waals surface area contributed by atoms with Crippen LogP contribution in [-0.4, -0.2) is 23.3 Å². The SMILES string of the molecule is COc1cnccc1C(=O)NC(CBr)c1ccccc1. The number of hydrogen-bond acceptors (Lipinski definition) is 3. The number of halogens is 1. The molecule has 1 aromatic heterocycles. The molecule has 1 amide bonds. The van der Waals surface area contributed by atoms with Crippen LogP contribution in [0.2, 0.25) is 0 Å². The third kappa shape index (κ3) is 3.36. The first kappa shape index (κ1) is 14.5. The number of carbonyl (C=O) groups is 1. The highest BCUT2D eigenvalue weighted by atomic mass is 79.9. The summed E-state index contributed by atoms with van der Waals surface area (Å²) in [6.45, 7) is 0. The first-order chi connectivity index (χ1) is 9.76. The van der Waals surface area contributed by atoms with Crippen molar-refractivity contribution in [2.75, 3.05) is 12.4 Å². The second-order valence-electron chi connectivity index (χ2n) is 4.17. The maximum absolute atomic E-state index is 12.3. The molecule has 0 saturated heterocycles. The summed E-state index contributed by atoms with van der Waals surface area (Å²) >= 11 is 3.43. The van der Waals surface area contributed by atoms with Crippen molar-refractivity contribution in [3.63, 3.8) is 0 Å². The first-order valence-electron chi connectivity index (χ1n) is 6.16. The van der Waals surface area contributed by atoms with E-state index in [0.717, 1.165) is 5.56 Å². The number of benzene rings is 1. The van der Waals surface area contributed by atoms with Crippen LogP contribution in [0.15, 0.2) is 48.8 Å². The third-order valence-corrected chi connectivity index (χ3v) is 3.56. The first-order valence-corrected chi connectivity index (χ1v) is 7.28. The van der Waals surface area contributed by atoms with Gasteiger partial charge in [-0.05, 0) is 11.6 Å². The van der Waals surface area contributed by atoms with Gasteiger partial charge in [0, 0.05) is 11.5 Å². The number of carbonyl (C=O) groups excluding carboxylic acids is 1. The van der Waals surface area contributed by atoms with Gasteiger partial charge < -0.3 is 10.1 Å². The molecule has 1 heterocycles. The van der Waals surface area contributed by atoms with Crippen LogP contribution in [0.1, 0.15) is 22.0 Å². The van der Waals surface area contributed by atoms with E-state index in [2.05, 4.69) is 26.2 Å². The molecule has 1 N–H and O–H groups in total. The Morgan fingerprint density at radius 2 is 2.10 bits per heavy atom. The van der Waals surface area contributed by atoms with E-state index in [-0.39, 0.29) is 11.9 Å². The Kier molecular flexibility index (Phi) is 5.12. The topological polar surface area (TPSA) is 51.2 Å². The van der Waals surface area contributed by atoms with E-state index in [4.69, 9.17) is 4.74 Å². The largest absolute Gasteiger partial charge is 0.494 e. The van der Waals surface area contributed by atoms with E-state index in [9.17, 15) is 4.79 Å². The lowest BCUT2D eigenvalue weighted by atomic mass is 10.1. The Morgan fingerprint density at radius 1 is 1.35 bits per heavy atom. The number of hydrogen-bond donors (Lipinski definition) is 1. The maximum atomic E-state index is 12.3. The minimum atomic E-state index is -0.183. The molecular weight excluding hydrogens is 320 g/mol. The highest BCUT2D eigenvalue weighted by Gasteiger charge is 2.17. The lowest BCUT2D eigenvalue weighted by molar-refractivity contribution is 0.0937. The van der Waals surface area contributed by atoms with Gasteiger partial charge in [0.05, 0.1) is 24.9 Å². The summed E-state index contributed by atoms with van der Waals surface area (Å²) in [7, 11) is 1.52. The molecule has 0 aliphatic rings. The van der Waals surface area contributed by atoms with Gasteiger partial charge in [-0.15, -0.1) is 0 Å². The van der Waals surface area contributed by atoms with E-state index >= 15 is 0 Å². The van der Waals surface area contributed by atoms with Gasteiger partial charge in [0.2, 0.25) is 0 Å². The van der Waals surface area contributed by atoms with Gasteiger partial charge in [0.15, 0.2) is 0 Å². The predicted octanol–water partition coefficient (Wildman–Crippen LogP) is 2.96. The summed E-state index contributed by atoms with van der Waals surface area (Å²) in [5.41, 5.74) is 1.52. The molecule has 2 aromatic rings. The molecule has 4 nitrogen and oxygen atoms in total. The summed E-state index contributed by atoms with van der Waals surface area (Å²) in [6, 6.07) is 11.4. The Balaban J connectivity index is 2.18. The number of rotatable bonds is 5. The fourth-order valence-electron chi connectivity index (χ4n) is 1.86. The Morgan fingerprint density at radius 3 is 2.75 bits per heavy atom. The van der Waals surface area contributed by atoms with Crippen LogP contribution in [0.5, 0.6) is 5.75 Å². The van der Waals surface area contributed by atoms with Crippen molar-refractivity contribution in [3.05, 3.63) is 59.9 Å². The molecule has 0 fully saturated rings. The van der Waals surface area contributed by atoms with Crippen LogP contribution < -0.4 is 10.1 Å². The van der Waals surface area contributed by atoms with Crippen LogP contribution in [0, 0.1) is 0 Å². The Labute approximate surface area is 126 Å². The average Bonchev–Trinajstić information content (AvgIpc) is 2.53. The second kappa shape index (κ2) is 7.05. The molecular formula is C15H15BrN2O2. The second-order valence-corrected chi connectivity index (χ2v) is 4.81. The van der Waals surface area contributed by atoms with E-state index in [1.807, 2.05) is 30.3 Å². The van der Waals surface area contributed by atoms with Gasteiger partial charge in [0.1, 0.15) is 5.75 Å². The zero-order valence-corrected chi connectivity index (χ0v) is 12.6. The summed E-state index contributed by atoms with van der Waals surface area (Å²) in [5, 5.41) is 3.62. The zero-order valence-electron chi connectivity index (χ0n) is 11.0. The minimum absolute atomic E-state index is 0.0958. The molecule has 1 aromatic carbocycles. The van der Waals surface area contributed by atoms with E-state index in [1.165, 1.54) is 13.3 Å². The summed E-state index contributed by atoms with van der Waals surface area (Å²) in [5.74, 6) is 0.281. The molecule has 0 spiro atoms. The zero-order chi connectivity index (χ0) is 14.4. The van der Waals surface area contributed by atoms with Gasteiger partial charge >= 0.3 is 0 Å². The average molecular weight is 335 g/mol. The molecule has 20 heavy (non-hydrogen) atoms. The van der Waals surface area contributed by atoms with Crippen molar-refractivity contribution in [1.82, 2.24) is 10.3 Å². The monoisotopic (exact) mass is 334 g/mol. The van der Waals surface area contributed by atoms with Crippen molar-refractivity contribution >= 4 is 21.8 Å². The normalized spacial score (nSPS) is 11.7. The minimum Gasteiger partial charge on any atom is -0.494 e. The summed E-state index contributed by atoms with van der Waals surface area (Å²) < 4.78 is 5.15. The number of aromatic nitrogens is 1. The van der Waals surface area contributed by atoms with E-state index < -0.39 is 0 Å². The molecule has 2 rings (SSSR count). The van der Waals surface area contributed by atoms with Gasteiger partial charge in [-0.3, -0.25) is 9.78 Å². The standard InChI is InChI=1S/C15H15BrN2O2/c1-20-14-10-17-8-7-12(14)15(19)18-13(9-16)11-5-3-2-4-6-11/h2-8,10,13H,9H2,1H3,(H,18,19). The number of nitrogens with zero attached hydrogens (tertiary/aromatic N) is 1. The van der Waals surface area contributed by atoms with Crippen LogP contribution in [0.3, 0.4) is 0 Å². The molecule has 0 aliphatic heterocycles. The molecule has 0 bridgehead atoms. The number of alkyl halides is 1.